The third kappa shape index (κ3) is 5.18. The number of likely N-dealkylation sites (tertiary alicyclic amines) is 1. The first kappa shape index (κ1) is 22.6. The second-order valence-corrected chi connectivity index (χ2v) is 9.99. The normalized spacial score (nSPS) is 16.4. The van der Waals surface area contributed by atoms with Crippen LogP contribution in [-0.4, -0.2) is 35.6 Å². The van der Waals surface area contributed by atoms with Gasteiger partial charge in [0.2, 0.25) is 0 Å². The molecule has 1 saturated heterocycles. The van der Waals surface area contributed by atoms with E-state index in [0.29, 0.717) is 6.54 Å². The molecule has 4 nitrogen and oxygen atoms in total. The van der Waals surface area contributed by atoms with Crippen LogP contribution in [0.15, 0.2) is 47.3 Å². The molecule has 0 spiro atoms. The van der Waals surface area contributed by atoms with Gasteiger partial charge in [0, 0.05) is 30.2 Å². The average Bonchev–Trinajstić information content (AvgIpc) is 3.29. The zero-order valence-corrected chi connectivity index (χ0v) is 20.2. The second kappa shape index (κ2) is 10.4. The lowest BCUT2D eigenvalue weighted by atomic mass is 10.0. The molecule has 0 saturated carbocycles. The molecule has 0 radical (unpaired) electrons. The molecule has 1 N–H and O–H groups in total. The molecule has 33 heavy (non-hydrogen) atoms. The second-order valence-electron chi connectivity index (χ2n) is 9.58. The van der Waals surface area contributed by atoms with E-state index in [0.717, 1.165) is 73.7 Å². The van der Waals surface area contributed by atoms with Crippen LogP contribution in [0.2, 0.25) is 5.02 Å². The van der Waals surface area contributed by atoms with Crippen molar-refractivity contribution in [1.29, 1.82) is 0 Å². The van der Waals surface area contributed by atoms with Gasteiger partial charge >= 0.3 is 0 Å². The van der Waals surface area contributed by atoms with Crippen LogP contribution in [0.25, 0.3) is 10.9 Å². The number of rotatable bonds is 8. The van der Waals surface area contributed by atoms with Crippen LogP contribution in [0, 0.1) is 0 Å². The number of hydrogen-bond donors (Lipinski definition) is 1. The maximum Gasteiger partial charge on any atom is 0.255 e. The summed E-state index contributed by atoms with van der Waals surface area (Å²) in [6.45, 7) is 5.41. The Morgan fingerprint density at radius 1 is 0.879 bits per heavy atom. The molecule has 174 valence electrons. The Hall–Kier alpha value is -2.14. The van der Waals surface area contributed by atoms with Crippen LogP contribution in [-0.2, 0) is 32.4 Å². The summed E-state index contributed by atoms with van der Waals surface area (Å²) in [5, 5.41) is 5.50. The Labute approximate surface area is 201 Å². The Morgan fingerprint density at radius 2 is 1.67 bits per heavy atom. The lowest BCUT2D eigenvalue weighted by molar-refractivity contribution is 0.221. The number of aryl methyl sites for hydroxylation is 2. The van der Waals surface area contributed by atoms with Crippen molar-refractivity contribution in [3.05, 3.63) is 80.1 Å². The van der Waals surface area contributed by atoms with Gasteiger partial charge < -0.3 is 14.8 Å². The Morgan fingerprint density at radius 3 is 2.48 bits per heavy atom. The molecular weight excluding hydrogens is 430 g/mol. The van der Waals surface area contributed by atoms with E-state index in [4.69, 9.17) is 11.6 Å². The van der Waals surface area contributed by atoms with Crippen molar-refractivity contribution < 1.29 is 0 Å². The van der Waals surface area contributed by atoms with Gasteiger partial charge in [-0.15, -0.1) is 0 Å². The number of halogens is 1. The topological polar surface area (TPSA) is 37.3 Å². The van der Waals surface area contributed by atoms with Crippen LogP contribution in [0.5, 0.6) is 0 Å². The number of fused-ring (bicyclic) bond motifs is 2. The molecule has 0 atom stereocenters. The third-order valence-electron chi connectivity index (χ3n) is 7.31. The Bertz CT molecular complexity index is 1180. The van der Waals surface area contributed by atoms with E-state index in [9.17, 15) is 4.79 Å². The van der Waals surface area contributed by atoms with Crippen molar-refractivity contribution in [2.75, 3.05) is 26.2 Å². The van der Waals surface area contributed by atoms with Gasteiger partial charge in [0.15, 0.2) is 0 Å². The van der Waals surface area contributed by atoms with Crippen LogP contribution >= 0.6 is 11.6 Å². The summed E-state index contributed by atoms with van der Waals surface area (Å²) in [7, 11) is 0. The molecule has 5 rings (SSSR count). The molecule has 1 aliphatic heterocycles. The minimum absolute atomic E-state index is 0.155. The zero-order valence-electron chi connectivity index (χ0n) is 19.4. The molecular formula is C28H34ClN3O. The number of pyridine rings is 1. The smallest absolute Gasteiger partial charge is 0.255 e. The number of benzene rings is 2. The largest absolute Gasteiger partial charge is 0.312 e. The van der Waals surface area contributed by atoms with Gasteiger partial charge in [-0.25, -0.2) is 0 Å². The molecule has 1 aliphatic carbocycles. The molecule has 1 aromatic heterocycles. The van der Waals surface area contributed by atoms with Crippen LogP contribution < -0.4 is 10.9 Å². The molecule has 2 aliphatic rings. The minimum atomic E-state index is 0.155. The average molecular weight is 464 g/mol. The quantitative estimate of drug-likeness (QED) is 0.479. The SMILES string of the molecule is O=c1c(CNCCc2ccccc2Cl)cc2cc3c(cc2n1CCN1CCCCC1)CCC3. The minimum Gasteiger partial charge on any atom is -0.312 e. The highest BCUT2D eigenvalue weighted by Crippen LogP contribution is 2.27. The molecule has 2 heterocycles. The fourth-order valence-corrected chi connectivity index (χ4v) is 5.66. The number of nitrogens with zero attached hydrogens (tertiary/aromatic N) is 2. The lowest BCUT2D eigenvalue weighted by Crippen LogP contribution is -2.36. The van der Waals surface area contributed by atoms with Gasteiger partial charge in [-0.05, 0) is 105 Å². The van der Waals surface area contributed by atoms with Crippen molar-refractivity contribution in [1.82, 2.24) is 14.8 Å². The Balaban J connectivity index is 1.37. The third-order valence-corrected chi connectivity index (χ3v) is 7.68. The summed E-state index contributed by atoms with van der Waals surface area (Å²) < 4.78 is 2.05. The van der Waals surface area contributed by atoms with E-state index in [1.54, 1.807) is 0 Å². The van der Waals surface area contributed by atoms with Gasteiger partial charge in [0.1, 0.15) is 0 Å². The van der Waals surface area contributed by atoms with E-state index in [1.165, 1.54) is 42.2 Å². The highest BCUT2D eigenvalue weighted by atomic mass is 35.5. The molecule has 1 fully saturated rings. The molecule has 2 aromatic carbocycles. The van der Waals surface area contributed by atoms with E-state index in [-0.39, 0.29) is 5.56 Å². The standard InChI is InChI=1S/C28H34ClN3O/c29-26-10-3-2-7-21(26)11-12-30-20-25-18-24-17-22-8-6-9-23(22)19-27(24)32(28(25)33)16-15-31-13-4-1-5-14-31/h2-3,7,10,17-19,30H,1,4-6,8-9,11-16,20H2. The van der Waals surface area contributed by atoms with Crippen LogP contribution in [0.3, 0.4) is 0 Å². The van der Waals surface area contributed by atoms with Gasteiger partial charge in [0.25, 0.3) is 5.56 Å². The maximum absolute atomic E-state index is 13.6. The van der Waals surface area contributed by atoms with Crippen LogP contribution in [0.4, 0.5) is 0 Å². The number of piperidine rings is 1. The van der Waals surface area contributed by atoms with Crippen molar-refractivity contribution >= 4 is 22.5 Å². The van der Waals surface area contributed by atoms with E-state index in [2.05, 4.69) is 34.5 Å². The van der Waals surface area contributed by atoms with Crippen molar-refractivity contribution in [2.24, 2.45) is 0 Å². The highest BCUT2D eigenvalue weighted by Gasteiger charge is 2.17. The first-order chi connectivity index (χ1) is 16.2. The van der Waals surface area contributed by atoms with Gasteiger partial charge in [0.05, 0.1) is 5.52 Å². The molecule has 3 aromatic rings. The Kier molecular flexibility index (Phi) is 7.15. The first-order valence-corrected chi connectivity index (χ1v) is 12.9. The summed E-state index contributed by atoms with van der Waals surface area (Å²) in [6.07, 6.45) is 8.25. The molecule has 0 unspecified atom stereocenters. The lowest BCUT2D eigenvalue weighted by Gasteiger charge is -2.27. The molecule has 5 heteroatoms. The summed E-state index contributed by atoms with van der Waals surface area (Å²) in [5.74, 6) is 0. The van der Waals surface area contributed by atoms with Crippen molar-refractivity contribution in [3.63, 3.8) is 0 Å². The van der Waals surface area contributed by atoms with Gasteiger partial charge in [-0.3, -0.25) is 4.79 Å². The van der Waals surface area contributed by atoms with Crippen molar-refractivity contribution in [2.45, 2.75) is 58.0 Å². The van der Waals surface area contributed by atoms with Crippen molar-refractivity contribution in [3.8, 4) is 0 Å². The summed E-state index contributed by atoms with van der Waals surface area (Å²) in [5.41, 5.74) is 6.15. The molecule has 0 bridgehead atoms. The monoisotopic (exact) mass is 463 g/mol. The van der Waals surface area contributed by atoms with Gasteiger partial charge in [-0.2, -0.15) is 0 Å². The highest BCUT2D eigenvalue weighted by molar-refractivity contribution is 6.31. The summed E-state index contributed by atoms with van der Waals surface area (Å²) in [4.78, 5) is 16.1. The first-order valence-electron chi connectivity index (χ1n) is 12.5. The number of hydrogen-bond acceptors (Lipinski definition) is 3. The predicted octanol–water partition coefficient (Wildman–Crippen LogP) is 4.96. The predicted molar refractivity (Wildman–Crippen MR) is 137 cm³/mol. The summed E-state index contributed by atoms with van der Waals surface area (Å²) >= 11 is 6.29. The summed E-state index contributed by atoms with van der Waals surface area (Å²) in [6, 6.07) is 14.7. The fourth-order valence-electron chi connectivity index (χ4n) is 5.43. The zero-order chi connectivity index (χ0) is 22.6. The van der Waals surface area contributed by atoms with E-state index in [1.807, 2.05) is 22.8 Å². The molecule has 0 amide bonds. The maximum atomic E-state index is 13.6. The van der Waals surface area contributed by atoms with E-state index < -0.39 is 0 Å². The number of nitrogens with one attached hydrogen (secondary N) is 1. The van der Waals surface area contributed by atoms with Crippen LogP contribution in [0.1, 0.15) is 47.9 Å². The van der Waals surface area contributed by atoms with Gasteiger partial charge in [-0.1, -0.05) is 36.2 Å². The fraction of sp³-hybridized carbons (Fsp3) is 0.464. The number of aromatic nitrogens is 1. The van der Waals surface area contributed by atoms with E-state index >= 15 is 0 Å².